The van der Waals surface area contributed by atoms with Gasteiger partial charge in [-0.15, -0.1) is 0 Å². The molecular formula is C21H19BrN2O3S. The fraction of sp³-hybridized carbons (Fsp3) is 0.190. The van der Waals surface area contributed by atoms with Crippen LogP contribution >= 0.6 is 28.1 Å². The molecule has 0 N–H and O–H groups in total. The standard InChI is InChI=1S/C21H19BrN2O3S/c1-13-4-6-14(7-5-13)12-27-18-9-8-16(22)10-15(18)11-17-19(25)23(2)21(28)24(3)20(17)26/h4-11H,12H2,1-3H3. The molecule has 0 spiro atoms. The van der Waals surface area contributed by atoms with E-state index < -0.39 is 11.8 Å². The number of halogens is 1. The number of likely N-dealkylation sites (N-methyl/N-ethyl adjacent to an activating group) is 2. The molecule has 1 aliphatic heterocycles. The average molecular weight is 459 g/mol. The Morgan fingerprint density at radius 1 is 1.04 bits per heavy atom. The Labute approximate surface area is 177 Å². The van der Waals surface area contributed by atoms with Crippen LogP contribution in [0.3, 0.4) is 0 Å². The molecule has 1 saturated heterocycles. The van der Waals surface area contributed by atoms with E-state index in [0.717, 1.165) is 10.0 Å². The molecule has 5 nitrogen and oxygen atoms in total. The highest BCUT2D eigenvalue weighted by Crippen LogP contribution is 2.28. The fourth-order valence-electron chi connectivity index (χ4n) is 2.74. The maximum atomic E-state index is 12.6. The maximum Gasteiger partial charge on any atom is 0.265 e. The lowest BCUT2D eigenvalue weighted by atomic mass is 10.1. The quantitative estimate of drug-likeness (QED) is 0.395. The van der Waals surface area contributed by atoms with Gasteiger partial charge in [-0.2, -0.15) is 0 Å². The number of carbonyl (C=O) groups is 2. The van der Waals surface area contributed by atoms with Gasteiger partial charge in [0.15, 0.2) is 5.11 Å². The van der Waals surface area contributed by atoms with Crippen molar-refractivity contribution in [3.63, 3.8) is 0 Å². The largest absolute Gasteiger partial charge is 0.488 e. The predicted octanol–water partition coefficient (Wildman–Crippen LogP) is 3.94. The minimum absolute atomic E-state index is 0.0388. The number of carbonyl (C=O) groups excluding carboxylic acids is 2. The molecule has 0 unspecified atom stereocenters. The zero-order valence-corrected chi connectivity index (χ0v) is 18.1. The van der Waals surface area contributed by atoms with Crippen LogP contribution in [0.5, 0.6) is 5.75 Å². The normalized spacial score (nSPS) is 14.6. The third-order valence-electron chi connectivity index (χ3n) is 4.43. The Hall–Kier alpha value is -2.51. The van der Waals surface area contributed by atoms with Crippen LogP contribution < -0.4 is 4.74 Å². The van der Waals surface area contributed by atoms with E-state index in [1.807, 2.05) is 43.3 Å². The lowest BCUT2D eigenvalue weighted by molar-refractivity contribution is -0.132. The molecule has 0 aromatic heterocycles. The van der Waals surface area contributed by atoms with E-state index in [0.29, 0.717) is 17.9 Å². The Bertz CT molecular complexity index is 960. The molecule has 0 atom stereocenters. The van der Waals surface area contributed by atoms with Crippen molar-refractivity contribution in [3.8, 4) is 5.75 Å². The second kappa shape index (κ2) is 8.24. The van der Waals surface area contributed by atoms with Crippen molar-refractivity contribution >= 4 is 51.2 Å². The summed E-state index contributed by atoms with van der Waals surface area (Å²) in [7, 11) is 3.11. The number of hydrogen-bond donors (Lipinski definition) is 0. The molecule has 0 aliphatic carbocycles. The first kappa shape index (κ1) is 20.2. The zero-order valence-electron chi connectivity index (χ0n) is 15.7. The molecule has 2 amide bonds. The number of thiocarbonyl (C=S) groups is 1. The van der Waals surface area contributed by atoms with E-state index in [-0.39, 0.29) is 10.7 Å². The van der Waals surface area contributed by atoms with Gasteiger partial charge in [0.1, 0.15) is 17.9 Å². The Kier molecular flexibility index (Phi) is 5.96. The number of rotatable bonds is 4. The molecule has 0 bridgehead atoms. The monoisotopic (exact) mass is 458 g/mol. The number of nitrogens with zero attached hydrogens (tertiary/aromatic N) is 2. The van der Waals surface area contributed by atoms with Crippen LogP contribution in [0, 0.1) is 6.92 Å². The van der Waals surface area contributed by atoms with E-state index in [1.54, 1.807) is 26.2 Å². The van der Waals surface area contributed by atoms with E-state index in [4.69, 9.17) is 17.0 Å². The topological polar surface area (TPSA) is 49.9 Å². The third-order valence-corrected chi connectivity index (χ3v) is 5.47. The molecule has 0 saturated carbocycles. The van der Waals surface area contributed by atoms with Crippen molar-refractivity contribution in [1.29, 1.82) is 0 Å². The van der Waals surface area contributed by atoms with Crippen molar-refractivity contribution in [2.75, 3.05) is 14.1 Å². The SMILES string of the molecule is Cc1ccc(COc2ccc(Br)cc2C=C2C(=O)N(C)C(=S)N(C)C2=O)cc1. The van der Waals surface area contributed by atoms with E-state index in [9.17, 15) is 9.59 Å². The van der Waals surface area contributed by atoms with Crippen molar-refractivity contribution in [3.05, 3.63) is 69.2 Å². The summed E-state index contributed by atoms with van der Waals surface area (Å²) in [5.41, 5.74) is 2.88. The number of benzene rings is 2. The number of ether oxygens (including phenoxy) is 1. The highest BCUT2D eigenvalue weighted by atomic mass is 79.9. The first-order chi connectivity index (χ1) is 13.3. The molecule has 1 aliphatic rings. The van der Waals surface area contributed by atoms with Gasteiger partial charge in [-0.1, -0.05) is 45.8 Å². The minimum atomic E-state index is -0.433. The van der Waals surface area contributed by atoms with Crippen LogP contribution in [0.15, 0.2) is 52.5 Å². The summed E-state index contributed by atoms with van der Waals surface area (Å²) in [4.78, 5) is 27.7. The van der Waals surface area contributed by atoms with Gasteiger partial charge in [-0.25, -0.2) is 0 Å². The van der Waals surface area contributed by atoms with Crippen LogP contribution in [0.4, 0.5) is 0 Å². The predicted molar refractivity (Wildman–Crippen MR) is 116 cm³/mol. The third kappa shape index (κ3) is 4.15. The summed E-state index contributed by atoms with van der Waals surface area (Å²) in [6, 6.07) is 13.5. The molecule has 0 radical (unpaired) electrons. The molecule has 144 valence electrons. The molecule has 2 aromatic rings. The van der Waals surface area contributed by atoms with E-state index in [1.165, 1.54) is 15.4 Å². The minimum Gasteiger partial charge on any atom is -0.488 e. The highest BCUT2D eigenvalue weighted by Gasteiger charge is 2.35. The molecular weight excluding hydrogens is 440 g/mol. The van der Waals surface area contributed by atoms with Crippen LogP contribution in [0.2, 0.25) is 0 Å². The van der Waals surface area contributed by atoms with Crippen LogP contribution in [0.25, 0.3) is 6.08 Å². The molecule has 2 aromatic carbocycles. The van der Waals surface area contributed by atoms with Crippen LogP contribution in [-0.2, 0) is 16.2 Å². The van der Waals surface area contributed by atoms with Gasteiger partial charge < -0.3 is 4.74 Å². The molecule has 28 heavy (non-hydrogen) atoms. The Morgan fingerprint density at radius 3 is 2.25 bits per heavy atom. The van der Waals surface area contributed by atoms with Crippen molar-refractivity contribution in [2.24, 2.45) is 0 Å². The van der Waals surface area contributed by atoms with Gasteiger partial charge in [0.2, 0.25) is 0 Å². The first-order valence-electron chi connectivity index (χ1n) is 8.57. The van der Waals surface area contributed by atoms with Gasteiger partial charge >= 0.3 is 0 Å². The zero-order chi connectivity index (χ0) is 20.4. The van der Waals surface area contributed by atoms with Crippen molar-refractivity contribution in [2.45, 2.75) is 13.5 Å². The molecule has 1 heterocycles. The van der Waals surface area contributed by atoms with E-state index >= 15 is 0 Å². The fourth-order valence-corrected chi connectivity index (χ4v) is 3.28. The van der Waals surface area contributed by atoms with Gasteiger partial charge in [0.05, 0.1) is 0 Å². The number of hydrogen-bond acceptors (Lipinski definition) is 4. The van der Waals surface area contributed by atoms with Crippen molar-refractivity contribution in [1.82, 2.24) is 9.80 Å². The lowest BCUT2D eigenvalue weighted by Crippen LogP contribution is -2.52. The Morgan fingerprint density at radius 2 is 1.64 bits per heavy atom. The molecule has 3 rings (SSSR count). The van der Waals surface area contributed by atoms with Crippen molar-refractivity contribution < 1.29 is 14.3 Å². The summed E-state index contributed by atoms with van der Waals surface area (Å²) < 4.78 is 6.78. The smallest absolute Gasteiger partial charge is 0.265 e. The second-order valence-corrected chi connectivity index (χ2v) is 7.81. The van der Waals surface area contributed by atoms with Gasteiger partial charge in [0, 0.05) is 24.1 Å². The lowest BCUT2D eigenvalue weighted by Gasteiger charge is -2.31. The van der Waals surface area contributed by atoms with Crippen LogP contribution in [-0.4, -0.2) is 40.8 Å². The number of amides is 2. The summed E-state index contributed by atoms with van der Waals surface area (Å²) in [5.74, 6) is -0.287. The molecule has 7 heteroatoms. The number of aryl methyl sites for hydroxylation is 1. The average Bonchev–Trinajstić information content (AvgIpc) is 2.69. The summed E-state index contributed by atoms with van der Waals surface area (Å²) in [6.45, 7) is 2.41. The van der Waals surface area contributed by atoms with E-state index in [2.05, 4.69) is 15.9 Å². The second-order valence-electron chi connectivity index (χ2n) is 6.53. The maximum absolute atomic E-state index is 12.6. The summed E-state index contributed by atoms with van der Waals surface area (Å²) in [6.07, 6.45) is 1.55. The highest BCUT2D eigenvalue weighted by molar-refractivity contribution is 9.10. The Balaban J connectivity index is 1.93. The van der Waals surface area contributed by atoms with Gasteiger partial charge in [0.25, 0.3) is 11.8 Å². The summed E-state index contributed by atoms with van der Waals surface area (Å²) in [5, 5.41) is 0.178. The van der Waals surface area contributed by atoms with Crippen LogP contribution in [0.1, 0.15) is 16.7 Å². The first-order valence-corrected chi connectivity index (χ1v) is 9.77. The van der Waals surface area contributed by atoms with Gasteiger partial charge in [-0.05, 0) is 49.0 Å². The van der Waals surface area contributed by atoms with Gasteiger partial charge in [-0.3, -0.25) is 19.4 Å². The molecule has 1 fully saturated rings. The summed E-state index contributed by atoms with van der Waals surface area (Å²) >= 11 is 8.56.